The van der Waals surface area contributed by atoms with Crippen molar-refractivity contribution in [3.8, 4) is 0 Å². The second-order valence-electron chi connectivity index (χ2n) is 6.90. The van der Waals surface area contributed by atoms with Crippen LogP contribution < -0.4 is 21.7 Å². The van der Waals surface area contributed by atoms with Crippen molar-refractivity contribution in [3.63, 3.8) is 0 Å². The Morgan fingerprint density at radius 1 is 1.34 bits per heavy atom. The Kier molecular flexibility index (Phi) is 5.97. The molecule has 1 aliphatic rings. The number of allylic oxidation sites excluding steroid dienone is 1. The fraction of sp³-hybridized carbons (Fsp3) is 0.300. The van der Waals surface area contributed by atoms with Gasteiger partial charge in [-0.2, -0.15) is 0 Å². The number of nitrogens with one attached hydrogen (secondary N) is 4. The van der Waals surface area contributed by atoms with Gasteiger partial charge < -0.3 is 27.1 Å². The molecule has 150 valence electrons. The third kappa shape index (κ3) is 4.69. The van der Waals surface area contributed by atoms with Gasteiger partial charge in [0.1, 0.15) is 0 Å². The van der Waals surface area contributed by atoms with E-state index in [0.717, 1.165) is 36.2 Å². The lowest BCUT2D eigenvalue weighted by Crippen LogP contribution is -2.37. The summed E-state index contributed by atoms with van der Waals surface area (Å²) in [6.07, 6.45) is 10.5. The summed E-state index contributed by atoms with van der Waals surface area (Å²) in [6.45, 7) is 2.61. The minimum absolute atomic E-state index is 0.340. The van der Waals surface area contributed by atoms with E-state index in [-0.39, 0.29) is 0 Å². The van der Waals surface area contributed by atoms with Crippen LogP contribution in [0.5, 0.6) is 0 Å². The zero-order valence-corrected chi connectivity index (χ0v) is 16.8. The number of thiophene rings is 1. The first kappa shape index (κ1) is 19.3. The number of hydrogen-bond donors (Lipinski definition) is 5. The first-order valence-corrected chi connectivity index (χ1v) is 10.4. The molecule has 0 spiro atoms. The van der Waals surface area contributed by atoms with Gasteiger partial charge in [-0.1, -0.05) is 0 Å². The Labute approximate surface area is 173 Å². The monoisotopic (exact) mass is 408 g/mol. The molecule has 4 heterocycles. The highest BCUT2D eigenvalue weighted by atomic mass is 32.1. The summed E-state index contributed by atoms with van der Waals surface area (Å²) in [6, 6.07) is 4.53. The number of pyridine rings is 1. The van der Waals surface area contributed by atoms with Gasteiger partial charge in [0.15, 0.2) is 11.6 Å². The van der Waals surface area contributed by atoms with E-state index in [0.29, 0.717) is 35.5 Å². The van der Waals surface area contributed by atoms with Crippen LogP contribution in [0.25, 0.3) is 15.7 Å². The Morgan fingerprint density at radius 2 is 2.21 bits per heavy atom. The molecule has 0 radical (unpaired) electrons. The third-order valence-electron chi connectivity index (χ3n) is 4.86. The molecule has 3 aromatic heterocycles. The number of aromatic nitrogens is 3. The maximum Gasteiger partial charge on any atom is 0.169 e. The average molecular weight is 409 g/mol. The Morgan fingerprint density at radius 3 is 3.00 bits per heavy atom. The second kappa shape index (κ2) is 8.97. The maximum atomic E-state index is 7.77. The molecule has 1 aliphatic heterocycles. The minimum Gasteiger partial charge on any atom is -0.387 e. The van der Waals surface area contributed by atoms with Gasteiger partial charge >= 0.3 is 0 Å². The third-order valence-corrected chi connectivity index (χ3v) is 5.98. The smallest absolute Gasteiger partial charge is 0.169 e. The Bertz CT molecular complexity index is 989. The predicted molar refractivity (Wildman–Crippen MR) is 119 cm³/mol. The number of rotatable bonds is 7. The van der Waals surface area contributed by atoms with Crippen molar-refractivity contribution < 1.29 is 0 Å². The second-order valence-corrected chi connectivity index (χ2v) is 8.07. The Balaban J connectivity index is 1.47. The SMILES string of the molecule is N=C/C(=C\NC1CCNCC1)c1cnc(N)c(NCc2cc3cnccc3s2)n1. The molecular weight excluding hydrogens is 384 g/mol. The average Bonchev–Trinajstić information content (AvgIpc) is 3.18. The van der Waals surface area contributed by atoms with Crippen LogP contribution in [0.15, 0.2) is 36.9 Å². The fourth-order valence-corrected chi connectivity index (χ4v) is 4.22. The van der Waals surface area contributed by atoms with Crippen LogP contribution in [-0.2, 0) is 6.54 Å². The van der Waals surface area contributed by atoms with Gasteiger partial charge in [-0.3, -0.25) is 4.98 Å². The summed E-state index contributed by atoms with van der Waals surface area (Å²) in [5.41, 5.74) is 7.30. The lowest BCUT2D eigenvalue weighted by atomic mass is 10.1. The summed E-state index contributed by atoms with van der Waals surface area (Å²) in [5, 5.41) is 18.9. The summed E-state index contributed by atoms with van der Waals surface area (Å²) >= 11 is 1.71. The Hall–Kier alpha value is -3.04. The van der Waals surface area contributed by atoms with Gasteiger partial charge in [-0.15, -0.1) is 11.3 Å². The van der Waals surface area contributed by atoms with E-state index >= 15 is 0 Å². The zero-order chi connectivity index (χ0) is 20.1. The molecule has 3 aromatic rings. The first-order valence-electron chi connectivity index (χ1n) is 9.59. The molecule has 0 unspecified atom stereocenters. The molecule has 0 atom stereocenters. The number of anilines is 2. The molecule has 0 bridgehead atoms. The zero-order valence-electron chi connectivity index (χ0n) is 16.0. The molecule has 0 aromatic carbocycles. The molecule has 0 amide bonds. The molecule has 8 nitrogen and oxygen atoms in total. The molecule has 0 aliphatic carbocycles. The number of nitrogen functional groups attached to an aromatic ring is 1. The number of fused-ring (bicyclic) bond motifs is 1. The topological polar surface area (TPSA) is 125 Å². The fourth-order valence-electron chi connectivity index (χ4n) is 3.25. The van der Waals surface area contributed by atoms with Crippen molar-refractivity contribution >= 4 is 44.8 Å². The summed E-state index contributed by atoms with van der Waals surface area (Å²) < 4.78 is 1.20. The molecule has 29 heavy (non-hydrogen) atoms. The van der Waals surface area contributed by atoms with Crippen LogP contribution in [0.3, 0.4) is 0 Å². The van der Waals surface area contributed by atoms with E-state index in [1.54, 1.807) is 23.7 Å². The number of nitrogens with zero attached hydrogens (tertiary/aromatic N) is 3. The lowest BCUT2D eigenvalue weighted by molar-refractivity contribution is 0.420. The lowest BCUT2D eigenvalue weighted by Gasteiger charge is -2.23. The van der Waals surface area contributed by atoms with Crippen LogP contribution in [0.2, 0.25) is 0 Å². The van der Waals surface area contributed by atoms with E-state index in [1.807, 2.05) is 18.5 Å². The van der Waals surface area contributed by atoms with Crippen molar-refractivity contribution in [3.05, 3.63) is 47.5 Å². The highest BCUT2D eigenvalue weighted by Gasteiger charge is 2.12. The van der Waals surface area contributed by atoms with Crippen LogP contribution in [0, 0.1) is 5.41 Å². The normalized spacial score (nSPS) is 15.4. The minimum atomic E-state index is 0.340. The summed E-state index contributed by atoms with van der Waals surface area (Å²) in [7, 11) is 0. The standard InChI is InChI=1S/C20H24N8S/c21-8-14(10-25-15-1-4-23-5-2-15)17-12-26-19(22)20(28-17)27-11-16-7-13-9-24-6-3-18(13)29-16/h3,6-10,12,15,21,23,25H,1-2,4-5,11H2,(H2,22,26)(H,27,28)/b14-10+,21-8?. The molecule has 1 fully saturated rings. The van der Waals surface area contributed by atoms with Crippen LogP contribution >= 0.6 is 11.3 Å². The molecular formula is C20H24N8S. The number of nitrogens with two attached hydrogens (primary N) is 1. The van der Waals surface area contributed by atoms with Crippen molar-refractivity contribution in [2.45, 2.75) is 25.4 Å². The van der Waals surface area contributed by atoms with Crippen molar-refractivity contribution in [1.29, 1.82) is 5.41 Å². The van der Waals surface area contributed by atoms with E-state index in [2.05, 4.69) is 37.0 Å². The van der Waals surface area contributed by atoms with E-state index in [4.69, 9.17) is 11.1 Å². The van der Waals surface area contributed by atoms with Gasteiger partial charge in [0, 0.05) is 51.4 Å². The summed E-state index contributed by atoms with van der Waals surface area (Å²) in [5.74, 6) is 0.861. The van der Waals surface area contributed by atoms with Crippen LogP contribution in [0.1, 0.15) is 23.4 Å². The van der Waals surface area contributed by atoms with Crippen molar-refractivity contribution in [2.75, 3.05) is 24.1 Å². The van der Waals surface area contributed by atoms with E-state index in [1.165, 1.54) is 10.9 Å². The maximum absolute atomic E-state index is 7.77. The molecule has 9 heteroatoms. The predicted octanol–water partition coefficient (Wildman–Crippen LogP) is 2.61. The van der Waals surface area contributed by atoms with Gasteiger partial charge in [0.25, 0.3) is 0 Å². The molecule has 6 N–H and O–H groups in total. The quantitative estimate of drug-likeness (QED) is 0.381. The summed E-state index contributed by atoms with van der Waals surface area (Å²) in [4.78, 5) is 14.2. The number of piperidine rings is 1. The van der Waals surface area contributed by atoms with Crippen molar-refractivity contribution in [1.82, 2.24) is 25.6 Å². The van der Waals surface area contributed by atoms with Gasteiger partial charge in [-0.25, -0.2) is 9.97 Å². The number of hydrogen-bond acceptors (Lipinski definition) is 9. The highest BCUT2D eigenvalue weighted by Crippen LogP contribution is 2.26. The molecule has 1 saturated heterocycles. The van der Waals surface area contributed by atoms with Crippen LogP contribution in [-0.4, -0.2) is 40.3 Å². The van der Waals surface area contributed by atoms with Gasteiger partial charge in [0.2, 0.25) is 0 Å². The largest absolute Gasteiger partial charge is 0.387 e. The van der Waals surface area contributed by atoms with E-state index in [9.17, 15) is 0 Å². The van der Waals surface area contributed by atoms with Crippen LogP contribution in [0.4, 0.5) is 11.6 Å². The highest BCUT2D eigenvalue weighted by molar-refractivity contribution is 7.19. The molecule has 4 rings (SSSR count). The van der Waals surface area contributed by atoms with Gasteiger partial charge in [0.05, 0.1) is 18.4 Å². The van der Waals surface area contributed by atoms with E-state index < -0.39 is 0 Å². The van der Waals surface area contributed by atoms with Crippen molar-refractivity contribution in [2.24, 2.45) is 0 Å². The van der Waals surface area contributed by atoms with Gasteiger partial charge in [-0.05, 0) is 38.1 Å². The molecule has 0 saturated carbocycles. The first-order chi connectivity index (χ1) is 14.2.